The van der Waals surface area contributed by atoms with E-state index < -0.39 is 0 Å². The molecule has 0 fully saturated rings. The molecule has 0 aromatic heterocycles. The molecule has 19 heavy (non-hydrogen) atoms. The van der Waals surface area contributed by atoms with Crippen LogP contribution in [-0.4, -0.2) is 10.9 Å². The van der Waals surface area contributed by atoms with Crippen molar-refractivity contribution >= 4 is 44.7 Å². The van der Waals surface area contributed by atoms with Gasteiger partial charge in [-0.3, -0.25) is 4.79 Å². The number of nitrogens with one attached hydrogen (secondary N) is 1. The first-order chi connectivity index (χ1) is 9.08. The van der Waals surface area contributed by atoms with Gasteiger partial charge in [-0.1, -0.05) is 46.3 Å². The highest BCUT2D eigenvalue weighted by Gasteiger charge is 2.10. The van der Waals surface area contributed by atoms with Gasteiger partial charge in [-0.25, -0.2) is 0 Å². The number of carbonyl (C=O) groups is 1. The van der Waals surface area contributed by atoms with Crippen molar-refractivity contribution < 1.29 is 4.79 Å². The molecule has 0 bridgehead atoms. The Kier molecular flexibility index (Phi) is 4.29. The number of nitrogens with two attached hydrogens (primary N) is 1. The van der Waals surface area contributed by atoms with Crippen LogP contribution in [0, 0.1) is 0 Å². The van der Waals surface area contributed by atoms with Gasteiger partial charge in [-0.2, -0.15) is 0 Å². The van der Waals surface area contributed by atoms with E-state index in [9.17, 15) is 4.79 Å². The molecule has 0 saturated carbocycles. The molecule has 1 amide bonds. The zero-order chi connectivity index (χ0) is 13.8. The lowest BCUT2D eigenvalue weighted by molar-refractivity contribution is 0.102. The largest absolute Gasteiger partial charge is 0.389 e. The van der Waals surface area contributed by atoms with Crippen molar-refractivity contribution in [3.63, 3.8) is 0 Å². The average molecular weight is 335 g/mol. The Morgan fingerprint density at radius 1 is 1.16 bits per heavy atom. The van der Waals surface area contributed by atoms with Crippen molar-refractivity contribution in [3.05, 3.63) is 64.1 Å². The summed E-state index contributed by atoms with van der Waals surface area (Å²) in [6.07, 6.45) is 0. The Morgan fingerprint density at radius 2 is 1.84 bits per heavy atom. The average Bonchev–Trinajstić information content (AvgIpc) is 2.41. The molecule has 0 unspecified atom stereocenters. The van der Waals surface area contributed by atoms with Gasteiger partial charge in [0.2, 0.25) is 0 Å². The standard InChI is InChI=1S/C14H11BrN2OS/c15-10-6-7-12(11(8-10)13(16)19)17-14(18)9-4-2-1-3-5-9/h1-8H,(H2,16,19)(H,17,18). The van der Waals surface area contributed by atoms with Gasteiger partial charge in [0.1, 0.15) is 4.99 Å². The van der Waals surface area contributed by atoms with Crippen LogP contribution in [-0.2, 0) is 0 Å². The minimum absolute atomic E-state index is 0.194. The number of thiocarbonyl (C=S) groups is 1. The summed E-state index contributed by atoms with van der Waals surface area (Å²) in [7, 11) is 0. The molecule has 0 atom stereocenters. The fraction of sp³-hybridized carbons (Fsp3) is 0. The van der Waals surface area contributed by atoms with Gasteiger partial charge >= 0.3 is 0 Å². The van der Waals surface area contributed by atoms with Crippen molar-refractivity contribution in [1.82, 2.24) is 0 Å². The number of halogens is 1. The van der Waals surface area contributed by atoms with E-state index in [1.54, 1.807) is 24.3 Å². The quantitative estimate of drug-likeness (QED) is 0.846. The number of hydrogen-bond donors (Lipinski definition) is 2. The van der Waals surface area contributed by atoms with E-state index in [-0.39, 0.29) is 10.9 Å². The number of benzene rings is 2. The number of hydrogen-bond acceptors (Lipinski definition) is 2. The predicted molar refractivity (Wildman–Crippen MR) is 84.4 cm³/mol. The molecule has 0 heterocycles. The first-order valence-electron chi connectivity index (χ1n) is 5.53. The minimum Gasteiger partial charge on any atom is -0.389 e. The molecule has 5 heteroatoms. The molecule has 2 aromatic rings. The fourth-order valence-electron chi connectivity index (χ4n) is 1.61. The Morgan fingerprint density at radius 3 is 2.47 bits per heavy atom. The lowest BCUT2D eigenvalue weighted by atomic mass is 10.1. The molecule has 3 nitrogen and oxygen atoms in total. The molecule has 3 N–H and O–H groups in total. The molecule has 0 radical (unpaired) electrons. The Hall–Kier alpha value is -1.72. The molecule has 0 aliphatic rings. The third-order valence-corrected chi connectivity index (χ3v) is 3.24. The molecule has 96 valence electrons. The van der Waals surface area contributed by atoms with Crippen molar-refractivity contribution in [2.24, 2.45) is 5.73 Å². The second kappa shape index (κ2) is 5.95. The highest BCUT2D eigenvalue weighted by molar-refractivity contribution is 9.10. The molecular weight excluding hydrogens is 324 g/mol. The number of carbonyl (C=O) groups excluding carboxylic acids is 1. The monoisotopic (exact) mass is 334 g/mol. The summed E-state index contributed by atoms with van der Waals surface area (Å²) < 4.78 is 0.855. The van der Waals surface area contributed by atoms with Gasteiger partial charge in [0.15, 0.2) is 0 Å². The van der Waals surface area contributed by atoms with E-state index in [0.717, 1.165) is 4.47 Å². The van der Waals surface area contributed by atoms with Crippen LogP contribution in [0.2, 0.25) is 0 Å². The van der Waals surface area contributed by atoms with Gasteiger partial charge in [-0.15, -0.1) is 0 Å². The molecule has 0 saturated heterocycles. The SMILES string of the molecule is NC(=S)c1cc(Br)ccc1NC(=O)c1ccccc1. The highest BCUT2D eigenvalue weighted by Crippen LogP contribution is 2.21. The van der Waals surface area contributed by atoms with E-state index in [1.165, 1.54) is 0 Å². The van der Waals surface area contributed by atoms with Crippen LogP contribution in [0.3, 0.4) is 0 Å². The molecule has 0 spiro atoms. The molecule has 0 aliphatic heterocycles. The number of amides is 1. The lowest BCUT2D eigenvalue weighted by Gasteiger charge is -2.10. The summed E-state index contributed by atoms with van der Waals surface area (Å²) in [4.78, 5) is 12.3. The molecule has 2 rings (SSSR count). The van der Waals surface area contributed by atoms with Crippen molar-refractivity contribution in [3.8, 4) is 0 Å². The van der Waals surface area contributed by atoms with Gasteiger partial charge in [0.25, 0.3) is 5.91 Å². The Labute approximate surface area is 124 Å². The van der Waals surface area contributed by atoms with E-state index in [4.69, 9.17) is 18.0 Å². The van der Waals surface area contributed by atoms with E-state index in [0.29, 0.717) is 16.8 Å². The maximum atomic E-state index is 12.1. The lowest BCUT2D eigenvalue weighted by Crippen LogP contribution is -2.17. The third kappa shape index (κ3) is 3.39. The van der Waals surface area contributed by atoms with Gasteiger partial charge in [0.05, 0.1) is 5.69 Å². The van der Waals surface area contributed by atoms with E-state index in [2.05, 4.69) is 21.2 Å². The zero-order valence-corrected chi connectivity index (χ0v) is 12.3. The van der Waals surface area contributed by atoms with Gasteiger partial charge < -0.3 is 11.1 Å². The summed E-state index contributed by atoms with van der Waals surface area (Å²) in [6, 6.07) is 14.3. The second-order valence-electron chi connectivity index (χ2n) is 3.87. The van der Waals surface area contributed by atoms with Crippen LogP contribution in [0.25, 0.3) is 0 Å². The highest BCUT2D eigenvalue weighted by atomic mass is 79.9. The first kappa shape index (κ1) is 13.7. The predicted octanol–water partition coefficient (Wildman–Crippen LogP) is 3.34. The van der Waals surface area contributed by atoms with E-state index >= 15 is 0 Å². The van der Waals surface area contributed by atoms with Crippen LogP contribution >= 0.6 is 28.1 Å². The fourth-order valence-corrected chi connectivity index (χ4v) is 2.14. The van der Waals surface area contributed by atoms with Crippen LogP contribution in [0.1, 0.15) is 15.9 Å². The summed E-state index contributed by atoms with van der Waals surface area (Å²) in [5, 5.41) is 2.81. The maximum absolute atomic E-state index is 12.1. The van der Waals surface area contributed by atoms with Crippen LogP contribution in [0.4, 0.5) is 5.69 Å². The Bertz CT molecular complexity index is 629. The Balaban J connectivity index is 2.29. The molecule has 0 aliphatic carbocycles. The van der Waals surface area contributed by atoms with Crippen LogP contribution < -0.4 is 11.1 Å². The normalized spacial score (nSPS) is 9.95. The number of anilines is 1. The summed E-state index contributed by atoms with van der Waals surface area (Å²) in [5.74, 6) is -0.194. The minimum atomic E-state index is -0.194. The van der Waals surface area contributed by atoms with Gasteiger partial charge in [-0.05, 0) is 30.3 Å². The van der Waals surface area contributed by atoms with E-state index in [1.807, 2.05) is 24.3 Å². The zero-order valence-electron chi connectivity index (χ0n) is 9.89. The van der Waals surface area contributed by atoms with Crippen LogP contribution in [0.5, 0.6) is 0 Å². The van der Waals surface area contributed by atoms with Crippen molar-refractivity contribution in [1.29, 1.82) is 0 Å². The first-order valence-corrected chi connectivity index (χ1v) is 6.74. The van der Waals surface area contributed by atoms with Crippen LogP contribution in [0.15, 0.2) is 53.0 Å². The molecule has 2 aromatic carbocycles. The van der Waals surface area contributed by atoms with Crippen molar-refractivity contribution in [2.45, 2.75) is 0 Å². The summed E-state index contributed by atoms with van der Waals surface area (Å²) in [5.41, 5.74) is 7.47. The number of rotatable bonds is 3. The smallest absolute Gasteiger partial charge is 0.255 e. The summed E-state index contributed by atoms with van der Waals surface area (Å²) in [6.45, 7) is 0. The van der Waals surface area contributed by atoms with Gasteiger partial charge in [0, 0.05) is 15.6 Å². The third-order valence-electron chi connectivity index (χ3n) is 2.53. The summed E-state index contributed by atoms with van der Waals surface area (Å²) >= 11 is 8.33. The van der Waals surface area contributed by atoms with Crippen molar-refractivity contribution in [2.75, 3.05) is 5.32 Å². The topological polar surface area (TPSA) is 55.1 Å². The molecular formula is C14H11BrN2OS. The second-order valence-corrected chi connectivity index (χ2v) is 5.23. The maximum Gasteiger partial charge on any atom is 0.255 e.